The van der Waals surface area contributed by atoms with Crippen molar-refractivity contribution in [1.82, 2.24) is 0 Å². The summed E-state index contributed by atoms with van der Waals surface area (Å²) < 4.78 is 0. The van der Waals surface area contributed by atoms with Crippen LogP contribution >= 0.6 is 22.7 Å². The van der Waals surface area contributed by atoms with Crippen molar-refractivity contribution in [3.05, 3.63) is 44.3 Å². The zero-order valence-electron chi connectivity index (χ0n) is 13.3. The minimum Gasteiger partial charge on any atom is -0.152 e. The number of rotatable bonds is 5. The zero-order valence-corrected chi connectivity index (χ0v) is 15.0. The molecule has 0 aliphatic heterocycles. The van der Waals surface area contributed by atoms with Crippen molar-refractivity contribution in [3.8, 4) is 0 Å². The first-order valence-corrected chi connectivity index (χ1v) is 9.08. The monoisotopic (exact) mass is 306 g/mol. The molecule has 0 fully saturated rings. The van der Waals surface area contributed by atoms with Crippen molar-refractivity contribution in [2.75, 3.05) is 0 Å². The summed E-state index contributed by atoms with van der Waals surface area (Å²) in [7, 11) is 0. The van der Waals surface area contributed by atoms with Gasteiger partial charge in [-0.1, -0.05) is 34.6 Å². The van der Waals surface area contributed by atoms with E-state index in [1.54, 1.807) is 11.3 Å². The number of hydrogen-bond acceptors (Lipinski definition) is 2. The van der Waals surface area contributed by atoms with Crippen LogP contribution in [-0.2, 0) is 19.3 Å². The van der Waals surface area contributed by atoms with Gasteiger partial charge in [0.15, 0.2) is 0 Å². The van der Waals surface area contributed by atoms with E-state index in [9.17, 15) is 0 Å². The molecule has 0 atom stereocenters. The highest BCUT2D eigenvalue weighted by Crippen LogP contribution is 2.32. The maximum atomic E-state index is 2.38. The molecule has 2 aromatic rings. The fraction of sp³-hybridized carbons (Fsp3) is 0.556. The Morgan fingerprint density at radius 1 is 0.850 bits per heavy atom. The molecule has 0 N–H and O–H groups in total. The largest absolute Gasteiger partial charge is 0.152 e. The third kappa shape index (κ3) is 5.06. The zero-order chi connectivity index (χ0) is 14.8. The van der Waals surface area contributed by atoms with Gasteiger partial charge < -0.3 is 0 Å². The predicted molar refractivity (Wildman–Crippen MR) is 93.0 cm³/mol. The van der Waals surface area contributed by atoms with Gasteiger partial charge in [-0.05, 0) is 64.6 Å². The standard InChI is InChI=1S/C18H26S2/c1-17(2,3)11-15-6-7-16(20-15)12-18(4,5)10-14-8-9-19-13-14/h6-9,13H,10-12H2,1-5H3. The Hall–Kier alpha value is -0.600. The van der Waals surface area contributed by atoms with Crippen LogP contribution in [0.5, 0.6) is 0 Å². The molecular formula is C18H26S2. The lowest BCUT2D eigenvalue weighted by molar-refractivity contribution is 0.364. The van der Waals surface area contributed by atoms with E-state index in [1.165, 1.54) is 34.6 Å². The molecule has 0 aromatic carbocycles. The van der Waals surface area contributed by atoms with Crippen LogP contribution in [0.4, 0.5) is 0 Å². The summed E-state index contributed by atoms with van der Waals surface area (Å²) >= 11 is 3.80. The van der Waals surface area contributed by atoms with Crippen molar-refractivity contribution in [2.24, 2.45) is 10.8 Å². The van der Waals surface area contributed by atoms with E-state index < -0.39 is 0 Å². The Balaban J connectivity index is 1.98. The van der Waals surface area contributed by atoms with Gasteiger partial charge in [-0.2, -0.15) is 11.3 Å². The summed E-state index contributed by atoms with van der Waals surface area (Å²) in [5.74, 6) is 0. The average Bonchev–Trinajstić information content (AvgIpc) is 2.87. The molecule has 2 rings (SSSR count). The van der Waals surface area contributed by atoms with Crippen molar-refractivity contribution in [3.63, 3.8) is 0 Å². The summed E-state index contributed by atoms with van der Waals surface area (Å²) in [6, 6.07) is 6.92. The number of thiophene rings is 2. The normalized spacial score (nSPS) is 12.8. The van der Waals surface area contributed by atoms with Gasteiger partial charge in [-0.25, -0.2) is 0 Å². The van der Waals surface area contributed by atoms with Crippen LogP contribution in [0.3, 0.4) is 0 Å². The highest BCUT2D eigenvalue weighted by atomic mass is 32.1. The second-order valence-electron chi connectivity index (χ2n) is 7.75. The second-order valence-corrected chi connectivity index (χ2v) is 9.79. The fourth-order valence-electron chi connectivity index (χ4n) is 2.62. The summed E-state index contributed by atoms with van der Waals surface area (Å²) in [5, 5.41) is 4.46. The Bertz CT molecular complexity index is 524. The lowest BCUT2D eigenvalue weighted by Gasteiger charge is -2.23. The van der Waals surface area contributed by atoms with E-state index in [0.29, 0.717) is 10.8 Å². The summed E-state index contributed by atoms with van der Waals surface area (Å²) in [4.78, 5) is 3.06. The maximum absolute atomic E-state index is 2.38. The molecule has 2 heterocycles. The molecule has 0 saturated heterocycles. The SMILES string of the molecule is CC(C)(C)Cc1ccc(CC(C)(C)Cc2ccsc2)s1. The summed E-state index contributed by atoms with van der Waals surface area (Å²) in [6.07, 6.45) is 3.53. The van der Waals surface area contributed by atoms with E-state index in [4.69, 9.17) is 0 Å². The van der Waals surface area contributed by atoms with E-state index in [0.717, 1.165) is 0 Å². The van der Waals surface area contributed by atoms with Crippen molar-refractivity contribution >= 4 is 22.7 Å². The van der Waals surface area contributed by atoms with Crippen LogP contribution < -0.4 is 0 Å². The minimum absolute atomic E-state index is 0.338. The van der Waals surface area contributed by atoms with Crippen LogP contribution in [0.2, 0.25) is 0 Å². The second kappa shape index (κ2) is 6.03. The quantitative estimate of drug-likeness (QED) is 0.616. The minimum atomic E-state index is 0.338. The van der Waals surface area contributed by atoms with Gasteiger partial charge in [0.05, 0.1) is 0 Å². The van der Waals surface area contributed by atoms with E-state index >= 15 is 0 Å². The molecule has 0 aliphatic rings. The first-order chi connectivity index (χ1) is 9.23. The lowest BCUT2D eigenvalue weighted by atomic mass is 9.83. The molecule has 0 nitrogen and oxygen atoms in total. The molecule has 2 heteroatoms. The van der Waals surface area contributed by atoms with Crippen LogP contribution in [0.1, 0.15) is 49.9 Å². The smallest absolute Gasteiger partial charge is 0.00536 e. The molecule has 0 saturated carbocycles. The average molecular weight is 307 g/mol. The van der Waals surface area contributed by atoms with Gasteiger partial charge in [-0.15, -0.1) is 11.3 Å². The van der Waals surface area contributed by atoms with Crippen LogP contribution in [0.25, 0.3) is 0 Å². The lowest BCUT2D eigenvalue weighted by Crippen LogP contribution is -2.17. The summed E-state index contributed by atoms with van der Waals surface area (Å²) in [6.45, 7) is 11.7. The van der Waals surface area contributed by atoms with E-state index in [-0.39, 0.29) is 0 Å². The molecule has 2 aromatic heterocycles. The maximum Gasteiger partial charge on any atom is 0.00536 e. The Morgan fingerprint density at radius 2 is 1.50 bits per heavy atom. The van der Waals surface area contributed by atoms with Crippen molar-refractivity contribution < 1.29 is 0 Å². The van der Waals surface area contributed by atoms with Gasteiger partial charge in [0.2, 0.25) is 0 Å². The van der Waals surface area contributed by atoms with Crippen molar-refractivity contribution in [1.29, 1.82) is 0 Å². The molecule has 0 radical (unpaired) electrons. The molecule has 0 bridgehead atoms. The van der Waals surface area contributed by atoms with Gasteiger partial charge >= 0.3 is 0 Å². The molecule has 0 aliphatic carbocycles. The first-order valence-electron chi connectivity index (χ1n) is 7.32. The highest BCUT2D eigenvalue weighted by Gasteiger charge is 2.21. The molecular weight excluding hydrogens is 280 g/mol. The topological polar surface area (TPSA) is 0 Å². The molecule has 0 amide bonds. The van der Waals surface area contributed by atoms with Gasteiger partial charge in [0.25, 0.3) is 0 Å². The third-order valence-electron chi connectivity index (χ3n) is 3.34. The van der Waals surface area contributed by atoms with Crippen molar-refractivity contribution in [2.45, 2.75) is 53.9 Å². The molecule has 0 unspecified atom stereocenters. The fourth-order valence-corrected chi connectivity index (χ4v) is 4.86. The van der Waals surface area contributed by atoms with Gasteiger partial charge in [0, 0.05) is 9.75 Å². The molecule has 20 heavy (non-hydrogen) atoms. The Morgan fingerprint density at radius 3 is 2.05 bits per heavy atom. The first kappa shape index (κ1) is 15.8. The van der Waals surface area contributed by atoms with Crippen LogP contribution in [0.15, 0.2) is 29.0 Å². The summed E-state index contributed by atoms with van der Waals surface area (Å²) in [5.41, 5.74) is 2.20. The van der Waals surface area contributed by atoms with Crippen LogP contribution in [0, 0.1) is 10.8 Å². The third-order valence-corrected chi connectivity index (χ3v) is 5.15. The Labute approximate surface area is 131 Å². The Kier molecular flexibility index (Phi) is 4.76. The molecule has 0 spiro atoms. The number of hydrogen-bond donors (Lipinski definition) is 0. The van der Waals surface area contributed by atoms with E-state index in [2.05, 4.69) is 63.6 Å². The van der Waals surface area contributed by atoms with E-state index in [1.807, 2.05) is 11.3 Å². The van der Waals surface area contributed by atoms with Gasteiger partial charge in [-0.3, -0.25) is 0 Å². The highest BCUT2D eigenvalue weighted by molar-refractivity contribution is 7.12. The molecule has 110 valence electrons. The van der Waals surface area contributed by atoms with Crippen LogP contribution in [-0.4, -0.2) is 0 Å². The van der Waals surface area contributed by atoms with Gasteiger partial charge in [0.1, 0.15) is 0 Å². The predicted octanol–water partition coefficient (Wildman–Crippen LogP) is 6.21.